The zero-order chi connectivity index (χ0) is 9.26. The summed E-state index contributed by atoms with van der Waals surface area (Å²) >= 11 is 0. The average molecular weight is 179 g/mol. The molecule has 2 N–H and O–H groups in total. The van der Waals surface area contributed by atoms with Crippen molar-refractivity contribution in [3.8, 4) is 0 Å². The molecule has 0 saturated carbocycles. The molecule has 2 aromatic rings. The minimum atomic E-state index is -0.723. The Hall–Kier alpha value is -1.69. The van der Waals surface area contributed by atoms with Crippen LogP contribution < -0.4 is 0 Å². The second kappa shape index (κ2) is 2.98. The Morgan fingerprint density at radius 2 is 2.38 bits per heavy atom. The van der Waals surface area contributed by atoms with Crippen molar-refractivity contribution in [1.82, 2.24) is 25.2 Å². The van der Waals surface area contributed by atoms with Gasteiger partial charge in [0, 0.05) is 18.8 Å². The van der Waals surface area contributed by atoms with Crippen molar-refractivity contribution in [2.24, 2.45) is 7.05 Å². The van der Waals surface area contributed by atoms with Crippen molar-refractivity contribution in [1.29, 1.82) is 0 Å². The van der Waals surface area contributed by atoms with Gasteiger partial charge in [-0.25, -0.2) is 4.68 Å². The first-order chi connectivity index (χ1) is 6.29. The van der Waals surface area contributed by atoms with Crippen LogP contribution in [-0.2, 0) is 7.05 Å². The van der Waals surface area contributed by atoms with Gasteiger partial charge in [0.1, 0.15) is 6.10 Å². The molecule has 0 aliphatic heterocycles. The van der Waals surface area contributed by atoms with Crippen LogP contribution in [0.4, 0.5) is 0 Å². The number of aromatic amines is 1. The molecule has 2 heterocycles. The Balaban J connectivity index is 2.33. The summed E-state index contributed by atoms with van der Waals surface area (Å²) in [6, 6.07) is 0. The van der Waals surface area contributed by atoms with E-state index >= 15 is 0 Å². The average Bonchev–Trinajstić information content (AvgIpc) is 2.72. The van der Waals surface area contributed by atoms with Crippen molar-refractivity contribution in [3.63, 3.8) is 0 Å². The van der Waals surface area contributed by atoms with Crippen LogP contribution in [0.15, 0.2) is 18.6 Å². The number of hydrogen-bond donors (Lipinski definition) is 2. The summed E-state index contributed by atoms with van der Waals surface area (Å²) in [6.45, 7) is 0. The van der Waals surface area contributed by atoms with E-state index in [1.165, 1.54) is 10.9 Å². The fraction of sp³-hybridized carbons (Fsp3) is 0.286. The van der Waals surface area contributed by atoms with Gasteiger partial charge >= 0.3 is 0 Å². The van der Waals surface area contributed by atoms with Crippen LogP contribution in [0.25, 0.3) is 0 Å². The van der Waals surface area contributed by atoms with Crippen LogP contribution in [-0.4, -0.2) is 30.3 Å². The summed E-state index contributed by atoms with van der Waals surface area (Å²) in [7, 11) is 1.73. The molecule has 6 heteroatoms. The molecule has 1 atom stereocenters. The molecule has 2 rings (SSSR count). The van der Waals surface area contributed by atoms with Crippen molar-refractivity contribution in [3.05, 3.63) is 29.8 Å². The second-order valence-electron chi connectivity index (χ2n) is 2.72. The molecular formula is C7H9N5O. The lowest BCUT2D eigenvalue weighted by Crippen LogP contribution is -2.05. The van der Waals surface area contributed by atoms with E-state index < -0.39 is 6.10 Å². The topological polar surface area (TPSA) is 79.6 Å². The van der Waals surface area contributed by atoms with Crippen molar-refractivity contribution >= 4 is 0 Å². The maximum absolute atomic E-state index is 9.79. The SMILES string of the molecule is Cn1nncc1C(O)c1cn[nH]c1. The molecule has 0 bridgehead atoms. The number of aliphatic hydroxyl groups excluding tert-OH is 1. The Labute approximate surface area is 74.2 Å². The largest absolute Gasteiger partial charge is 0.382 e. The van der Waals surface area contributed by atoms with E-state index in [-0.39, 0.29) is 0 Å². The van der Waals surface area contributed by atoms with E-state index in [4.69, 9.17) is 0 Å². The Morgan fingerprint density at radius 3 is 2.92 bits per heavy atom. The predicted molar refractivity (Wildman–Crippen MR) is 43.7 cm³/mol. The van der Waals surface area contributed by atoms with Gasteiger partial charge in [0.15, 0.2) is 0 Å². The number of H-pyrrole nitrogens is 1. The van der Waals surface area contributed by atoms with Gasteiger partial charge in [0.2, 0.25) is 0 Å². The first kappa shape index (κ1) is 7.93. The number of hydrogen-bond acceptors (Lipinski definition) is 4. The third kappa shape index (κ3) is 1.31. The van der Waals surface area contributed by atoms with Crippen LogP contribution in [0.1, 0.15) is 17.4 Å². The van der Waals surface area contributed by atoms with E-state index in [1.807, 2.05) is 0 Å². The number of rotatable bonds is 2. The lowest BCUT2D eigenvalue weighted by molar-refractivity contribution is 0.210. The summed E-state index contributed by atoms with van der Waals surface area (Å²) in [5.41, 5.74) is 1.34. The standard InChI is InChI=1S/C7H9N5O/c1-12-6(4-10-11-12)7(13)5-2-8-9-3-5/h2-4,7,13H,1H3,(H,8,9). The number of aromatic nitrogens is 5. The molecule has 0 amide bonds. The van der Waals surface area contributed by atoms with Crippen molar-refractivity contribution in [2.45, 2.75) is 6.10 Å². The minimum Gasteiger partial charge on any atom is -0.382 e. The molecule has 1 unspecified atom stereocenters. The predicted octanol–water partition coefficient (Wildman–Crippen LogP) is -0.380. The first-order valence-electron chi connectivity index (χ1n) is 3.80. The van der Waals surface area contributed by atoms with Crippen molar-refractivity contribution in [2.75, 3.05) is 0 Å². The normalized spacial score (nSPS) is 13.1. The molecule has 0 aliphatic carbocycles. The third-order valence-corrected chi connectivity index (χ3v) is 1.86. The van der Waals surface area contributed by atoms with Crippen LogP contribution in [0, 0.1) is 0 Å². The highest BCUT2D eigenvalue weighted by Crippen LogP contribution is 2.18. The van der Waals surface area contributed by atoms with Gasteiger partial charge in [0.25, 0.3) is 0 Å². The highest BCUT2D eigenvalue weighted by Gasteiger charge is 2.15. The van der Waals surface area contributed by atoms with Gasteiger partial charge < -0.3 is 5.11 Å². The van der Waals surface area contributed by atoms with Crippen LogP contribution in [0.5, 0.6) is 0 Å². The van der Waals surface area contributed by atoms with Crippen LogP contribution >= 0.6 is 0 Å². The van der Waals surface area contributed by atoms with E-state index in [1.54, 1.807) is 19.4 Å². The first-order valence-corrected chi connectivity index (χ1v) is 3.80. The monoisotopic (exact) mass is 179 g/mol. The molecular weight excluding hydrogens is 170 g/mol. The summed E-state index contributed by atoms with van der Waals surface area (Å²) in [6.07, 6.45) is 4.01. The van der Waals surface area contributed by atoms with Gasteiger partial charge in [-0.1, -0.05) is 5.21 Å². The fourth-order valence-electron chi connectivity index (χ4n) is 1.13. The van der Waals surface area contributed by atoms with Gasteiger partial charge in [0.05, 0.1) is 18.1 Å². The molecule has 0 aliphatic rings. The Morgan fingerprint density at radius 1 is 1.54 bits per heavy atom. The lowest BCUT2D eigenvalue weighted by atomic mass is 10.1. The van der Waals surface area contributed by atoms with Crippen LogP contribution in [0.2, 0.25) is 0 Å². The minimum absolute atomic E-state index is 0.640. The zero-order valence-electron chi connectivity index (χ0n) is 7.05. The number of nitrogens with one attached hydrogen (secondary N) is 1. The Kier molecular flexibility index (Phi) is 1.82. The maximum atomic E-state index is 9.79. The quantitative estimate of drug-likeness (QED) is 0.658. The summed E-state index contributed by atoms with van der Waals surface area (Å²) in [4.78, 5) is 0. The van der Waals surface area contributed by atoms with Gasteiger partial charge in [-0.2, -0.15) is 5.10 Å². The molecule has 13 heavy (non-hydrogen) atoms. The van der Waals surface area contributed by atoms with Crippen molar-refractivity contribution < 1.29 is 5.11 Å². The second-order valence-corrected chi connectivity index (χ2v) is 2.72. The maximum Gasteiger partial charge on any atom is 0.125 e. The number of aryl methyl sites for hydroxylation is 1. The van der Waals surface area contributed by atoms with E-state index in [0.717, 1.165) is 0 Å². The van der Waals surface area contributed by atoms with Crippen LogP contribution in [0.3, 0.4) is 0 Å². The van der Waals surface area contributed by atoms with Gasteiger partial charge in [-0.15, -0.1) is 5.10 Å². The summed E-state index contributed by atoms with van der Waals surface area (Å²) in [5, 5.41) is 23.6. The molecule has 0 fully saturated rings. The zero-order valence-corrected chi connectivity index (χ0v) is 7.05. The van der Waals surface area contributed by atoms with E-state index in [2.05, 4.69) is 20.5 Å². The number of aliphatic hydroxyl groups is 1. The molecule has 0 saturated heterocycles. The third-order valence-electron chi connectivity index (χ3n) is 1.86. The number of nitrogens with zero attached hydrogens (tertiary/aromatic N) is 4. The fourth-order valence-corrected chi connectivity index (χ4v) is 1.13. The molecule has 0 aromatic carbocycles. The molecule has 2 aromatic heterocycles. The van der Waals surface area contributed by atoms with E-state index in [9.17, 15) is 5.11 Å². The molecule has 0 radical (unpaired) electrons. The van der Waals surface area contributed by atoms with Gasteiger partial charge in [-0.05, 0) is 0 Å². The Bertz CT molecular complexity index is 379. The summed E-state index contributed by atoms with van der Waals surface area (Å²) in [5.74, 6) is 0. The lowest BCUT2D eigenvalue weighted by Gasteiger charge is -2.06. The highest BCUT2D eigenvalue weighted by atomic mass is 16.3. The van der Waals surface area contributed by atoms with Gasteiger partial charge in [-0.3, -0.25) is 5.10 Å². The smallest absolute Gasteiger partial charge is 0.125 e. The van der Waals surface area contributed by atoms with E-state index in [0.29, 0.717) is 11.3 Å². The molecule has 0 spiro atoms. The molecule has 68 valence electrons. The highest BCUT2D eigenvalue weighted by molar-refractivity contribution is 5.18. The summed E-state index contributed by atoms with van der Waals surface area (Å²) < 4.78 is 1.53. The molecule has 6 nitrogen and oxygen atoms in total.